The van der Waals surface area contributed by atoms with Gasteiger partial charge in [0.15, 0.2) is 0 Å². The van der Waals surface area contributed by atoms with Crippen molar-refractivity contribution in [2.45, 2.75) is 98.2 Å². The summed E-state index contributed by atoms with van der Waals surface area (Å²) in [5.74, 6) is -5.94. The van der Waals surface area contributed by atoms with Gasteiger partial charge in [0.1, 0.15) is 0 Å². The fourth-order valence-electron chi connectivity index (χ4n) is 3.51. The molecule has 0 radical (unpaired) electrons. The molecule has 0 aliphatic heterocycles. The Morgan fingerprint density at radius 1 is 0.609 bits per heavy atom. The normalized spacial score (nSPS) is 17.5. The maximum absolute atomic E-state index is 13.9. The highest BCUT2D eigenvalue weighted by Gasteiger charge is 2.89. The van der Waals surface area contributed by atoms with Gasteiger partial charge in [-0.3, -0.25) is 0 Å². The molecule has 0 bridgehead atoms. The molecule has 46 heavy (non-hydrogen) atoms. The van der Waals surface area contributed by atoms with Gasteiger partial charge in [0, 0.05) is 0 Å². The number of unbranched alkanes of at least 4 members (excludes halogenated alkanes) is 1. The first-order valence-corrected chi connectivity index (χ1v) is 25.6. The molecule has 0 spiro atoms. The lowest BCUT2D eigenvalue weighted by Crippen LogP contribution is -2.66. The van der Waals surface area contributed by atoms with Crippen LogP contribution in [0.5, 0.6) is 0 Å². The van der Waals surface area contributed by atoms with Crippen LogP contribution in [-0.4, -0.2) is 90.0 Å². The molecule has 1 atom stereocenters. The minimum absolute atomic E-state index is 0.0745. The van der Waals surface area contributed by atoms with E-state index in [1.54, 1.807) is 0 Å². The van der Waals surface area contributed by atoms with Crippen LogP contribution in [0.2, 0.25) is 0 Å². The van der Waals surface area contributed by atoms with E-state index in [9.17, 15) is 50.5 Å². The van der Waals surface area contributed by atoms with Crippen LogP contribution in [0.4, 0.5) is 0 Å². The lowest BCUT2D eigenvalue weighted by Gasteiger charge is -2.73. The zero-order valence-corrected chi connectivity index (χ0v) is 33.2. The van der Waals surface area contributed by atoms with E-state index in [1.807, 2.05) is 0 Å². The molecular weight excluding hydrogens is 765 g/mol. The summed E-state index contributed by atoms with van der Waals surface area (Å²) in [6.07, 6.45) is -1.63. The molecule has 0 saturated carbocycles. The molecule has 0 aliphatic rings. The van der Waals surface area contributed by atoms with Gasteiger partial charge in [-0.2, -0.15) is 50.5 Å². The van der Waals surface area contributed by atoms with Gasteiger partial charge < -0.3 is 0 Å². The van der Waals surface area contributed by atoms with Gasteiger partial charge in [0.25, 0.3) is 60.7 Å². The molecule has 0 N–H and O–H groups in total. The third-order valence-corrected chi connectivity index (χ3v) is 23.2. The van der Waals surface area contributed by atoms with Crippen molar-refractivity contribution in [3.05, 3.63) is 0 Å². The van der Waals surface area contributed by atoms with Gasteiger partial charge in [-0.15, -0.1) is 18.1 Å². The van der Waals surface area contributed by atoms with Crippen molar-refractivity contribution in [2.75, 3.05) is 29.3 Å². The maximum atomic E-state index is 13.9. The summed E-state index contributed by atoms with van der Waals surface area (Å²) in [6, 6.07) is 0. The molecule has 0 aromatic carbocycles. The maximum Gasteiger partial charge on any atom is 0.284 e. The lowest BCUT2D eigenvalue weighted by atomic mass is 10.3. The molecule has 25 heteroatoms. The van der Waals surface area contributed by atoms with E-state index in [-0.39, 0.29) is 12.8 Å². The van der Waals surface area contributed by atoms with Crippen molar-refractivity contribution in [3.8, 4) is 0 Å². The second-order valence-corrected chi connectivity index (χ2v) is 26.6. The zero-order valence-electron chi connectivity index (χ0n) is 27.5. The molecule has 282 valence electrons. The van der Waals surface area contributed by atoms with Gasteiger partial charge in [-0.1, -0.05) is 41.0 Å². The Morgan fingerprint density at radius 2 is 1.04 bits per heavy atom. The fourth-order valence-corrected chi connectivity index (χ4v) is 24.0. The largest absolute Gasteiger partial charge is 0.284 e. The Labute approximate surface area is 275 Å². The van der Waals surface area contributed by atoms with Crippen LogP contribution in [0.3, 0.4) is 0 Å². The van der Waals surface area contributed by atoms with Gasteiger partial charge >= 0.3 is 0 Å². The average Bonchev–Trinajstić information content (AvgIpc) is 2.78. The molecule has 0 aromatic heterocycles. The Kier molecular flexibility index (Phi) is 14.5. The summed E-state index contributed by atoms with van der Waals surface area (Å²) in [5.41, 5.74) is 0. The first-order chi connectivity index (χ1) is 20.2. The predicted octanol–water partition coefficient (Wildman–Crippen LogP) is 2.57. The van der Waals surface area contributed by atoms with Crippen LogP contribution in [-0.2, 0) is 83.0 Å². The van der Waals surface area contributed by atoms with Gasteiger partial charge in [-0.25, -0.2) is 4.18 Å². The van der Waals surface area contributed by atoms with Crippen molar-refractivity contribution in [2.24, 2.45) is 5.92 Å². The van der Waals surface area contributed by atoms with Crippen molar-refractivity contribution in [1.82, 2.24) is 0 Å². The fraction of sp³-hybridized carbons (Fsp3) is 1.00. The van der Waals surface area contributed by atoms with Gasteiger partial charge in [0.2, 0.25) is 14.6 Å². The average molecular weight is 813 g/mol. The summed E-state index contributed by atoms with van der Waals surface area (Å²) in [6.45, 7) is 9.10. The minimum Gasteiger partial charge on any atom is -0.245 e. The van der Waals surface area contributed by atoms with Crippen molar-refractivity contribution in [3.63, 3.8) is 0 Å². The zero-order chi connectivity index (χ0) is 37.0. The first-order valence-electron chi connectivity index (χ1n) is 13.9. The molecule has 0 amide bonds. The van der Waals surface area contributed by atoms with Crippen LogP contribution < -0.4 is 0 Å². The Morgan fingerprint density at radius 3 is 1.39 bits per heavy atom. The van der Waals surface area contributed by atoms with Crippen LogP contribution in [0, 0.1) is 5.92 Å². The summed E-state index contributed by atoms with van der Waals surface area (Å²) in [5, 5.41) is -1.91. The summed E-state index contributed by atoms with van der Waals surface area (Å²) >= 11 is 0. The molecule has 0 aromatic rings. The highest BCUT2D eigenvalue weighted by atomic mass is 32.5. The highest BCUT2D eigenvalue weighted by Crippen LogP contribution is 3.02. The Hall–Kier alpha value is -0.190. The number of hydrogen-bond donors (Lipinski definition) is 0. The first kappa shape index (κ1) is 45.8. The molecule has 0 rings (SSSR count). The lowest BCUT2D eigenvalue weighted by molar-refractivity contribution is 0.0549. The van der Waals surface area contributed by atoms with Crippen molar-refractivity contribution in [1.29, 1.82) is 0 Å². The van der Waals surface area contributed by atoms with E-state index >= 15 is 0 Å². The molecule has 0 heterocycles. The van der Waals surface area contributed by atoms with Gasteiger partial charge in [0.05, 0.1) is 34.5 Å². The number of rotatable bonds is 23. The van der Waals surface area contributed by atoms with E-state index in [0.717, 1.165) is 27.7 Å². The van der Waals surface area contributed by atoms with E-state index in [0.29, 0.717) is 13.2 Å². The summed E-state index contributed by atoms with van der Waals surface area (Å²) in [7, 11) is -43.1. The van der Waals surface area contributed by atoms with Crippen LogP contribution in [0.1, 0.15) is 88.0 Å². The summed E-state index contributed by atoms with van der Waals surface area (Å²) < 4.78 is 194. The Bertz CT molecular complexity index is 1750. The molecule has 0 aliphatic carbocycles. The molecule has 18 nitrogen and oxygen atoms in total. The standard InChI is InChI=1S/C21H48O18S7/c1-11-15-17-43(28,29)37-46(35-41(24,25)14-4,36-42(26,27)16-12-2,39-45(32,33)20(7)8,38-44(30,31)18-19(5)6)21(9,13-3)34-40(10,22)23/h19-20H,11-18H2,1-10H3. The third kappa shape index (κ3) is 10.7. The van der Waals surface area contributed by atoms with E-state index < -0.39 is 122 Å². The minimum atomic E-state index is -9.27. The van der Waals surface area contributed by atoms with E-state index in [2.05, 4.69) is 0 Å². The Balaban J connectivity index is 9.96. The van der Waals surface area contributed by atoms with Gasteiger partial charge in [-0.05, 0) is 52.9 Å². The third-order valence-electron chi connectivity index (χ3n) is 5.76. The van der Waals surface area contributed by atoms with Crippen molar-refractivity contribution < 1.29 is 72.8 Å². The quantitative estimate of drug-likeness (QED) is 0.134. The topological polar surface area (TPSA) is 260 Å². The second kappa shape index (κ2) is 14.6. The molecule has 0 fully saturated rings. The van der Waals surface area contributed by atoms with Crippen LogP contribution >= 0.6 is 9.70 Å². The van der Waals surface area contributed by atoms with Crippen LogP contribution in [0.25, 0.3) is 0 Å². The van der Waals surface area contributed by atoms with E-state index in [4.69, 9.17) is 22.3 Å². The molecular formula is C21H48O18S7. The molecule has 1 unspecified atom stereocenters. The van der Waals surface area contributed by atoms with Crippen molar-refractivity contribution >= 4 is 70.4 Å². The highest BCUT2D eigenvalue weighted by molar-refractivity contribution is 8.57. The van der Waals surface area contributed by atoms with Crippen LogP contribution in [0.15, 0.2) is 0 Å². The predicted molar refractivity (Wildman–Crippen MR) is 173 cm³/mol. The SMILES string of the molecule is CCCCS(=O)(=O)OS(OS(=O)(=O)CC)(OS(=O)(=O)CCC)(OS(=O)(=O)CC(C)C)(OS(=O)(=O)C(C)C)C(C)(CC)OS(C)(=O)=O. The monoisotopic (exact) mass is 812 g/mol. The smallest absolute Gasteiger partial charge is 0.245 e. The summed E-state index contributed by atoms with van der Waals surface area (Å²) in [4.78, 5) is -3.85. The van der Waals surface area contributed by atoms with E-state index in [1.165, 1.54) is 27.7 Å². The number of hydrogen-bond acceptors (Lipinski definition) is 18. The second-order valence-electron chi connectivity index (χ2n) is 11.1. The molecule has 0 saturated heterocycles.